The van der Waals surface area contributed by atoms with Gasteiger partial charge in [0, 0.05) is 22.2 Å². The van der Waals surface area contributed by atoms with E-state index in [0.717, 1.165) is 35.7 Å². The first-order chi connectivity index (χ1) is 16.6. The standard InChI is InChI=1S/C29H38BrFO4/c1-19(2)10-11-20(3)28(34)25(30)16-23-24(8-6-4-5-7-9-27(32)33)29(17-26(23)35-18-29)21-12-14-22(31)15-13-21/h4,6,10,12-16,20,23-24,26,28,34H,5,7-9,11,17-18H2,1-3H3,(H,32,33)/b6-4-,25-16+/t20?,23-,24-,26-,28+,29-/m0/s1. The number of carboxylic acid groups (broad SMARTS) is 1. The maximum atomic E-state index is 13.7. The summed E-state index contributed by atoms with van der Waals surface area (Å²) in [5, 5.41) is 19.8. The van der Waals surface area contributed by atoms with Gasteiger partial charge in [-0.05, 0) is 75.5 Å². The largest absolute Gasteiger partial charge is 0.481 e. The van der Waals surface area contributed by atoms with Crippen molar-refractivity contribution in [1.29, 1.82) is 0 Å². The highest BCUT2D eigenvalue weighted by Crippen LogP contribution is 2.57. The molecule has 1 aromatic carbocycles. The Balaban J connectivity index is 1.83. The zero-order valence-corrected chi connectivity index (χ0v) is 22.5. The van der Waals surface area contributed by atoms with Gasteiger partial charge in [-0.25, -0.2) is 4.39 Å². The van der Waals surface area contributed by atoms with Gasteiger partial charge in [-0.3, -0.25) is 4.79 Å². The summed E-state index contributed by atoms with van der Waals surface area (Å²) in [4.78, 5) is 10.8. The Labute approximate surface area is 217 Å². The minimum atomic E-state index is -0.772. The van der Waals surface area contributed by atoms with Crippen LogP contribution in [0.15, 0.2) is 58.6 Å². The second-order valence-corrected chi connectivity index (χ2v) is 11.3. The predicted molar refractivity (Wildman–Crippen MR) is 141 cm³/mol. The first kappa shape index (κ1) is 27.8. The lowest BCUT2D eigenvalue weighted by molar-refractivity contribution is -0.137. The average Bonchev–Trinajstić information content (AvgIpc) is 3.37. The molecule has 2 N–H and O–H groups in total. The normalized spacial score (nSPS) is 27.8. The molecular weight excluding hydrogens is 511 g/mol. The van der Waals surface area contributed by atoms with Gasteiger partial charge in [-0.15, -0.1) is 0 Å². The number of aliphatic hydroxyl groups is 1. The number of unbranched alkanes of at least 4 members (excludes halogenated alkanes) is 1. The second kappa shape index (κ2) is 12.5. The van der Waals surface area contributed by atoms with Gasteiger partial charge in [0.25, 0.3) is 0 Å². The molecule has 1 aliphatic heterocycles. The number of hydrogen-bond donors (Lipinski definition) is 2. The monoisotopic (exact) mass is 548 g/mol. The first-order valence-electron chi connectivity index (χ1n) is 12.6. The minimum Gasteiger partial charge on any atom is -0.481 e. The molecule has 2 aliphatic rings. The quantitative estimate of drug-likeness (QED) is 0.219. The van der Waals surface area contributed by atoms with Gasteiger partial charge in [0.15, 0.2) is 0 Å². The summed E-state index contributed by atoms with van der Waals surface area (Å²) in [6, 6.07) is 6.79. The summed E-state index contributed by atoms with van der Waals surface area (Å²) in [7, 11) is 0. The summed E-state index contributed by atoms with van der Waals surface area (Å²) >= 11 is 3.67. The number of aliphatic hydroxyl groups excluding tert-OH is 1. The van der Waals surface area contributed by atoms with Crippen LogP contribution in [0.5, 0.6) is 0 Å². The third-order valence-electron chi connectivity index (χ3n) is 7.53. The summed E-state index contributed by atoms with van der Waals surface area (Å²) in [6.07, 6.45) is 12.0. The van der Waals surface area contributed by atoms with E-state index in [-0.39, 0.29) is 41.5 Å². The lowest BCUT2D eigenvalue weighted by atomic mass is 9.69. The molecule has 1 heterocycles. The van der Waals surface area contributed by atoms with Crippen LogP contribution < -0.4 is 0 Å². The van der Waals surface area contributed by atoms with Crippen LogP contribution in [0.4, 0.5) is 4.39 Å². The molecule has 1 aromatic rings. The van der Waals surface area contributed by atoms with Crippen molar-refractivity contribution in [2.24, 2.45) is 17.8 Å². The number of halogens is 2. The predicted octanol–water partition coefficient (Wildman–Crippen LogP) is 6.93. The smallest absolute Gasteiger partial charge is 0.303 e. The molecule has 1 saturated heterocycles. The number of benzene rings is 1. The Hall–Kier alpha value is -1.76. The van der Waals surface area contributed by atoms with Crippen molar-refractivity contribution in [1.82, 2.24) is 0 Å². The van der Waals surface area contributed by atoms with E-state index in [1.165, 1.54) is 17.7 Å². The molecule has 4 nitrogen and oxygen atoms in total. The van der Waals surface area contributed by atoms with Crippen LogP contribution in [0.2, 0.25) is 0 Å². The van der Waals surface area contributed by atoms with Crippen LogP contribution >= 0.6 is 15.9 Å². The number of aliphatic carboxylic acids is 1. The van der Waals surface area contributed by atoms with E-state index in [2.05, 4.69) is 54.1 Å². The fourth-order valence-corrected chi connectivity index (χ4v) is 6.26. The third kappa shape index (κ3) is 6.93. The molecule has 2 bridgehead atoms. The summed E-state index contributed by atoms with van der Waals surface area (Å²) in [5.41, 5.74) is 2.12. The molecule has 3 rings (SSSR count). The molecule has 6 heteroatoms. The molecule has 0 radical (unpaired) electrons. The fraction of sp³-hybridized carbons (Fsp3) is 0.552. The fourth-order valence-electron chi connectivity index (χ4n) is 5.51. The topological polar surface area (TPSA) is 66.8 Å². The summed E-state index contributed by atoms with van der Waals surface area (Å²) < 4.78 is 20.7. The van der Waals surface area contributed by atoms with E-state index in [1.807, 2.05) is 19.1 Å². The lowest BCUT2D eigenvalue weighted by Gasteiger charge is -2.38. The van der Waals surface area contributed by atoms with Gasteiger partial charge in [-0.2, -0.15) is 0 Å². The van der Waals surface area contributed by atoms with Gasteiger partial charge in [-0.1, -0.05) is 64.9 Å². The van der Waals surface area contributed by atoms with E-state index >= 15 is 0 Å². The van der Waals surface area contributed by atoms with Gasteiger partial charge >= 0.3 is 5.97 Å². The Morgan fingerprint density at radius 2 is 2.00 bits per heavy atom. The van der Waals surface area contributed by atoms with Crippen molar-refractivity contribution in [3.05, 3.63) is 70.0 Å². The zero-order valence-electron chi connectivity index (χ0n) is 20.9. The van der Waals surface area contributed by atoms with Crippen LogP contribution in [-0.2, 0) is 14.9 Å². The van der Waals surface area contributed by atoms with Gasteiger partial charge in [0.2, 0.25) is 0 Å². The summed E-state index contributed by atoms with van der Waals surface area (Å²) in [6.45, 7) is 6.77. The minimum absolute atomic E-state index is 0.0401. The molecule has 1 unspecified atom stereocenters. The zero-order chi connectivity index (χ0) is 25.6. The molecule has 35 heavy (non-hydrogen) atoms. The number of rotatable bonds is 12. The van der Waals surface area contributed by atoms with E-state index in [9.17, 15) is 14.3 Å². The van der Waals surface area contributed by atoms with Crippen molar-refractivity contribution in [3.8, 4) is 0 Å². The van der Waals surface area contributed by atoms with Crippen molar-refractivity contribution in [2.75, 3.05) is 6.61 Å². The Morgan fingerprint density at radius 1 is 1.29 bits per heavy atom. The Morgan fingerprint density at radius 3 is 2.66 bits per heavy atom. The lowest BCUT2D eigenvalue weighted by Crippen LogP contribution is -2.39. The van der Waals surface area contributed by atoms with E-state index in [0.29, 0.717) is 13.0 Å². The molecule has 1 aliphatic carbocycles. The van der Waals surface area contributed by atoms with Gasteiger partial charge in [0.1, 0.15) is 5.82 Å². The van der Waals surface area contributed by atoms with Crippen molar-refractivity contribution < 1.29 is 24.1 Å². The first-order valence-corrected chi connectivity index (χ1v) is 13.4. The second-order valence-electron chi connectivity index (χ2n) is 10.4. The van der Waals surface area contributed by atoms with Crippen molar-refractivity contribution >= 4 is 21.9 Å². The highest BCUT2D eigenvalue weighted by Gasteiger charge is 2.58. The van der Waals surface area contributed by atoms with Gasteiger partial charge in [0.05, 0.1) is 18.8 Å². The van der Waals surface area contributed by atoms with Crippen molar-refractivity contribution in [2.45, 2.75) is 76.9 Å². The maximum absolute atomic E-state index is 13.7. The molecule has 0 spiro atoms. The highest BCUT2D eigenvalue weighted by atomic mass is 79.9. The molecule has 0 aromatic heterocycles. The van der Waals surface area contributed by atoms with Crippen LogP contribution in [0.1, 0.15) is 64.9 Å². The molecule has 2 fully saturated rings. The van der Waals surface area contributed by atoms with Crippen LogP contribution in [0.25, 0.3) is 0 Å². The van der Waals surface area contributed by atoms with Crippen LogP contribution in [-0.4, -0.2) is 35.0 Å². The number of carboxylic acids is 1. The summed E-state index contributed by atoms with van der Waals surface area (Å²) in [5.74, 6) is -0.603. The molecular formula is C29H38BrFO4. The Bertz CT molecular complexity index is 950. The number of fused-ring (bicyclic) bond motifs is 2. The van der Waals surface area contributed by atoms with E-state index in [4.69, 9.17) is 9.84 Å². The van der Waals surface area contributed by atoms with E-state index < -0.39 is 12.1 Å². The van der Waals surface area contributed by atoms with Gasteiger partial charge < -0.3 is 14.9 Å². The molecule has 0 amide bonds. The Kier molecular flexibility index (Phi) is 9.91. The molecule has 6 atom stereocenters. The van der Waals surface area contributed by atoms with Crippen LogP contribution in [0.3, 0.4) is 0 Å². The number of carbonyl (C=O) groups is 1. The number of allylic oxidation sites excluding steroid dienone is 4. The van der Waals surface area contributed by atoms with Crippen molar-refractivity contribution in [3.63, 3.8) is 0 Å². The number of ether oxygens (including phenoxy) is 1. The van der Waals surface area contributed by atoms with E-state index in [1.54, 1.807) is 0 Å². The third-order valence-corrected chi connectivity index (χ3v) is 8.27. The van der Waals surface area contributed by atoms with Crippen LogP contribution in [0, 0.1) is 23.6 Å². The molecule has 1 saturated carbocycles. The molecule has 192 valence electrons. The highest BCUT2D eigenvalue weighted by molar-refractivity contribution is 9.11. The maximum Gasteiger partial charge on any atom is 0.303 e. The number of hydrogen-bond acceptors (Lipinski definition) is 3. The SMILES string of the molecule is CC(C)=CCC(C)[C@@H](O)/C(Br)=C\[C@@H]1[C@@H]2C[C@@](c3ccc(F)cc3)(CO2)[C@H]1C/C=C\CCCC(=O)O. The average molecular weight is 550 g/mol.